The maximum absolute atomic E-state index is 12.3. The van der Waals surface area contributed by atoms with Crippen LogP contribution in [0.4, 0.5) is 4.79 Å². The average molecular weight is 350 g/mol. The van der Waals surface area contributed by atoms with Gasteiger partial charge in [0.1, 0.15) is 12.3 Å². The molecule has 1 heterocycles. The summed E-state index contributed by atoms with van der Waals surface area (Å²) in [5.74, 6) is -0.171. The van der Waals surface area contributed by atoms with Crippen molar-refractivity contribution in [3.05, 3.63) is 34.7 Å². The van der Waals surface area contributed by atoms with Crippen LogP contribution in [-0.2, 0) is 14.3 Å². The Morgan fingerprint density at radius 1 is 1.25 bits per heavy atom. The predicted molar refractivity (Wildman–Crippen MR) is 90.6 cm³/mol. The molecule has 1 aliphatic heterocycles. The van der Waals surface area contributed by atoms with E-state index in [9.17, 15) is 14.4 Å². The number of thioether (sulfide) groups is 1. The third-order valence-electron chi connectivity index (χ3n) is 3.22. The molecule has 2 rings (SSSR count). The zero-order valence-corrected chi connectivity index (χ0v) is 14.2. The van der Waals surface area contributed by atoms with Crippen LogP contribution < -0.4 is 10.1 Å². The van der Waals surface area contributed by atoms with Crippen molar-refractivity contribution in [1.29, 1.82) is 0 Å². The summed E-state index contributed by atoms with van der Waals surface area (Å²) in [6, 6.07) is 7.09. The SMILES string of the molecule is COCCNC(=O)CN1C(=O)S/C(=C\c2ccc(OC)cc2)C1=O. The molecular weight excluding hydrogens is 332 g/mol. The molecule has 1 fully saturated rings. The van der Waals surface area contributed by atoms with Gasteiger partial charge >= 0.3 is 0 Å². The topological polar surface area (TPSA) is 84.9 Å². The second-order valence-corrected chi connectivity index (χ2v) is 5.88. The fourth-order valence-corrected chi connectivity index (χ4v) is 2.82. The first-order valence-corrected chi connectivity index (χ1v) is 8.02. The van der Waals surface area contributed by atoms with E-state index >= 15 is 0 Å². The molecule has 0 bridgehead atoms. The molecule has 0 spiro atoms. The Bertz CT molecular complexity index is 657. The highest BCUT2D eigenvalue weighted by Crippen LogP contribution is 2.32. The molecule has 3 amide bonds. The summed E-state index contributed by atoms with van der Waals surface area (Å²) in [7, 11) is 3.09. The number of imide groups is 1. The van der Waals surface area contributed by atoms with E-state index in [1.165, 1.54) is 7.11 Å². The van der Waals surface area contributed by atoms with Crippen LogP contribution in [0.3, 0.4) is 0 Å². The van der Waals surface area contributed by atoms with E-state index in [4.69, 9.17) is 9.47 Å². The number of hydrogen-bond donors (Lipinski definition) is 1. The normalized spacial score (nSPS) is 15.9. The van der Waals surface area contributed by atoms with Crippen LogP contribution in [0, 0.1) is 0 Å². The Morgan fingerprint density at radius 3 is 2.58 bits per heavy atom. The molecular formula is C16H18N2O5S. The Morgan fingerprint density at radius 2 is 1.96 bits per heavy atom. The third-order valence-corrected chi connectivity index (χ3v) is 4.12. The predicted octanol–water partition coefficient (Wildman–Crippen LogP) is 1.49. The van der Waals surface area contributed by atoms with Gasteiger partial charge in [0.25, 0.3) is 11.1 Å². The lowest BCUT2D eigenvalue weighted by Crippen LogP contribution is -2.40. The monoisotopic (exact) mass is 350 g/mol. The lowest BCUT2D eigenvalue weighted by molar-refractivity contribution is -0.129. The first kappa shape index (κ1) is 18.0. The Balaban J connectivity index is 2.02. The molecule has 128 valence electrons. The van der Waals surface area contributed by atoms with Gasteiger partial charge < -0.3 is 14.8 Å². The number of methoxy groups -OCH3 is 2. The number of nitrogens with zero attached hydrogens (tertiary/aromatic N) is 1. The zero-order chi connectivity index (χ0) is 17.5. The van der Waals surface area contributed by atoms with Crippen molar-refractivity contribution in [1.82, 2.24) is 10.2 Å². The van der Waals surface area contributed by atoms with E-state index < -0.39 is 17.1 Å². The summed E-state index contributed by atoms with van der Waals surface area (Å²) in [4.78, 5) is 37.2. The first-order valence-electron chi connectivity index (χ1n) is 7.20. The van der Waals surface area contributed by atoms with Gasteiger partial charge in [-0.2, -0.15) is 0 Å². The first-order chi connectivity index (χ1) is 11.5. The summed E-state index contributed by atoms with van der Waals surface area (Å²) in [6.07, 6.45) is 1.62. The highest BCUT2D eigenvalue weighted by atomic mass is 32.2. The standard InChI is InChI=1S/C16H18N2O5S/c1-22-8-7-17-14(19)10-18-15(20)13(24-16(18)21)9-11-3-5-12(23-2)6-4-11/h3-6,9H,7-8,10H2,1-2H3,(H,17,19)/b13-9-. The molecule has 1 aromatic rings. The molecule has 1 N–H and O–H groups in total. The molecule has 1 aromatic carbocycles. The molecule has 0 radical (unpaired) electrons. The molecule has 0 aromatic heterocycles. The smallest absolute Gasteiger partial charge is 0.294 e. The van der Waals surface area contributed by atoms with Crippen molar-refractivity contribution in [2.75, 3.05) is 33.9 Å². The van der Waals surface area contributed by atoms with E-state index in [1.807, 2.05) is 0 Å². The quantitative estimate of drug-likeness (QED) is 0.592. The van der Waals surface area contributed by atoms with Crippen LogP contribution in [0.5, 0.6) is 5.75 Å². The molecule has 1 aliphatic rings. The molecule has 0 aliphatic carbocycles. The van der Waals surface area contributed by atoms with Crippen LogP contribution in [0.1, 0.15) is 5.56 Å². The summed E-state index contributed by atoms with van der Waals surface area (Å²) in [5, 5.41) is 2.12. The number of carbonyl (C=O) groups excluding carboxylic acids is 3. The Kier molecular flexibility index (Phi) is 6.39. The summed E-state index contributed by atoms with van der Waals surface area (Å²) in [5.41, 5.74) is 0.769. The van der Waals surface area contributed by atoms with Crippen LogP contribution >= 0.6 is 11.8 Å². The highest BCUT2D eigenvalue weighted by molar-refractivity contribution is 8.18. The fraction of sp³-hybridized carbons (Fsp3) is 0.312. The van der Waals surface area contributed by atoms with E-state index in [0.717, 1.165) is 22.2 Å². The minimum atomic E-state index is -0.470. The number of ether oxygens (including phenoxy) is 2. The maximum Gasteiger partial charge on any atom is 0.294 e. The largest absolute Gasteiger partial charge is 0.497 e. The molecule has 8 heteroatoms. The van der Waals surface area contributed by atoms with Gasteiger partial charge in [0.2, 0.25) is 5.91 Å². The van der Waals surface area contributed by atoms with E-state index in [2.05, 4.69) is 5.32 Å². The van der Waals surface area contributed by atoms with Crippen molar-refractivity contribution in [2.24, 2.45) is 0 Å². The van der Waals surface area contributed by atoms with Gasteiger partial charge in [0, 0.05) is 13.7 Å². The van der Waals surface area contributed by atoms with Crippen molar-refractivity contribution in [3.63, 3.8) is 0 Å². The number of nitrogens with one attached hydrogen (secondary N) is 1. The number of amides is 3. The Hall–Kier alpha value is -2.32. The second kappa shape index (κ2) is 8.51. The van der Waals surface area contributed by atoms with Crippen molar-refractivity contribution >= 4 is 34.9 Å². The lowest BCUT2D eigenvalue weighted by atomic mass is 10.2. The van der Waals surface area contributed by atoms with Crippen LogP contribution in [0.25, 0.3) is 6.08 Å². The molecule has 0 unspecified atom stereocenters. The van der Waals surface area contributed by atoms with Gasteiger partial charge in [0.15, 0.2) is 0 Å². The molecule has 7 nitrogen and oxygen atoms in total. The molecule has 0 atom stereocenters. The third kappa shape index (κ3) is 4.59. The number of carbonyl (C=O) groups is 3. The summed E-state index contributed by atoms with van der Waals surface area (Å²) < 4.78 is 9.89. The summed E-state index contributed by atoms with van der Waals surface area (Å²) in [6.45, 7) is 0.395. The fourth-order valence-electron chi connectivity index (χ4n) is 1.98. The van der Waals surface area contributed by atoms with Gasteiger partial charge in [-0.15, -0.1) is 0 Å². The highest BCUT2D eigenvalue weighted by Gasteiger charge is 2.36. The summed E-state index contributed by atoms with van der Waals surface area (Å²) >= 11 is 0.820. The van der Waals surface area contributed by atoms with Gasteiger partial charge in [-0.3, -0.25) is 19.3 Å². The number of rotatable bonds is 7. The van der Waals surface area contributed by atoms with E-state index in [-0.39, 0.29) is 11.4 Å². The van der Waals surface area contributed by atoms with E-state index in [0.29, 0.717) is 18.9 Å². The van der Waals surface area contributed by atoms with Crippen molar-refractivity contribution in [3.8, 4) is 5.75 Å². The van der Waals surface area contributed by atoms with Crippen molar-refractivity contribution in [2.45, 2.75) is 0 Å². The minimum absolute atomic E-state index is 0.287. The minimum Gasteiger partial charge on any atom is -0.497 e. The van der Waals surface area contributed by atoms with E-state index in [1.54, 1.807) is 37.5 Å². The van der Waals surface area contributed by atoms with Crippen molar-refractivity contribution < 1.29 is 23.9 Å². The van der Waals surface area contributed by atoms with Crippen LogP contribution in [-0.4, -0.2) is 55.9 Å². The molecule has 24 heavy (non-hydrogen) atoms. The molecule has 0 saturated carbocycles. The van der Waals surface area contributed by atoms with Gasteiger partial charge in [-0.25, -0.2) is 0 Å². The molecule has 1 saturated heterocycles. The van der Waals surface area contributed by atoms with Crippen LogP contribution in [0.2, 0.25) is 0 Å². The van der Waals surface area contributed by atoms with Crippen LogP contribution in [0.15, 0.2) is 29.2 Å². The lowest BCUT2D eigenvalue weighted by Gasteiger charge is -2.12. The number of hydrogen-bond acceptors (Lipinski definition) is 6. The van der Waals surface area contributed by atoms with Gasteiger partial charge in [-0.1, -0.05) is 12.1 Å². The average Bonchev–Trinajstić information content (AvgIpc) is 2.83. The van der Waals surface area contributed by atoms with Gasteiger partial charge in [-0.05, 0) is 35.5 Å². The maximum atomic E-state index is 12.3. The second-order valence-electron chi connectivity index (χ2n) is 4.88. The number of benzene rings is 1. The van der Waals surface area contributed by atoms with Gasteiger partial charge in [0.05, 0.1) is 18.6 Å². The zero-order valence-electron chi connectivity index (χ0n) is 13.4. The Labute approximate surface area is 144 Å².